The predicted octanol–water partition coefficient (Wildman–Crippen LogP) is 0.714. The van der Waals surface area contributed by atoms with Gasteiger partial charge in [0.1, 0.15) is 11.1 Å². The highest BCUT2D eigenvalue weighted by molar-refractivity contribution is 6.10. The summed E-state index contributed by atoms with van der Waals surface area (Å²) in [6.07, 6.45) is 2.97. The number of nitrogens with one attached hydrogen (secondary N) is 1. The van der Waals surface area contributed by atoms with Crippen LogP contribution in [0.15, 0.2) is 0 Å². The minimum absolute atomic E-state index is 0.396. The van der Waals surface area contributed by atoms with Gasteiger partial charge in [-0.2, -0.15) is 0 Å². The van der Waals surface area contributed by atoms with Gasteiger partial charge in [0.15, 0.2) is 0 Å². The molecule has 0 unspecified atom stereocenters. The first-order valence-corrected chi connectivity index (χ1v) is 5.71. The quantitative estimate of drug-likeness (QED) is 0.696. The van der Waals surface area contributed by atoms with E-state index < -0.39 is 29.0 Å². The third kappa shape index (κ3) is 1.50. The van der Waals surface area contributed by atoms with Crippen molar-refractivity contribution in [3.63, 3.8) is 0 Å². The number of hydrogen-bond donors (Lipinski definition) is 2. The highest BCUT2D eigenvalue weighted by Gasteiger charge is 2.58. The molecule has 0 atom stereocenters. The number of carbonyl (C=O) groups is 3. The predicted molar refractivity (Wildman–Crippen MR) is 58.3 cm³/mol. The summed E-state index contributed by atoms with van der Waals surface area (Å²) < 4.78 is 0. The van der Waals surface area contributed by atoms with Crippen molar-refractivity contribution in [2.24, 2.45) is 0 Å². The van der Waals surface area contributed by atoms with Gasteiger partial charge in [0, 0.05) is 0 Å². The Morgan fingerprint density at radius 3 is 2.35 bits per heavy atom. The number of nitrogens with zero attached hydrogens (tertiary/aromatic N) is 1. The number of carboxylic acids is 1. The second kappa shape index (κ2) is 3.45. The van der Waals surface area contributed by atoms with Gasteiger partial charge in [-0.25, -0.2) is 14.5 Å². The van der Waals surface area contributed by atoms with E-state index in [0.29, 0.717) is 12.8 Å². The largest absolute Gasteiger partial charge is 0.480 e. The molecule has 2 fully saturated rings. The zero-order chi connectivity index (χ0) is 12.8. The number of imide groups is 1. The van der Waals surface area contributed by atoms with Gasteiger partial charge < -0.3 is 10.4 Å². The lowest BCUT2D eigenvalue weighted by molar-refractivity contribution is -0.153. The van der Waals surface area contributed by atoms with Crippen LogP contribution in [0.2, 0.25) is 0 Å². The van der Waals surface area contributed by atoms with Crippen LogP contribution in [0.3, 0.4) is 0 Å². The molecule has 6 nitrogen and oxygen atoms in total. The number of carbonyl (C=O) groups excluding carboxylic acids is 2. The fourth-order valence-corrected chi connectivity index (χ4v) is 2.54. The summed E-state index contributed by atoms with van der Waals surface area (Å²) in [6, 6.07) is -0.593. The number of amides is 3. The third-order valence-electron chi connectivity index (χ3n) is 3.70. The molecule has 6 heteroatoms. The zero-order valence-electron chi connectivity index (χ0n) is 9.95. The molecule has 0 aromatic carbocycles. The van der Waals surface area contributed by atoms with Crippen molar-refractivity contribution in [3.05, 3.63) is 0 Å². The number of hydrogen-bond acceptors (Lipinski definition) is 3. The van der Waals surface area contributed by atoms with Crippen LogP contribution in [0.1, 0.15) is 39.5 Å². The number of urea groups is 1. The maximum atomic E-state index is 12.3. The van der Waals surface area contributed by atoms with Crippen LogP contribution in [-0.4, -0.2) is 39.0 Å². The first kappa shape index (κ1) is 11.9. The third-order valence-corrected chi connectivity index (χ3v) is 3.70. The van der Waals surface area contributed by atoms with Crippen molar-refractivity contribution in [1.29, 1.82) is 0 Å². The minimum Gasteiger partial charge on any atom is -0.480 e. The molecule has 1 aliphatic heterocycles. The molecular formula is C11H16N2O4. The monoisotopic (exact) mass is 240 g/mol. The van der Waals surface area contributed by atoms with E-state index in [1.165, 1.54) is 13.8 Å². The Morgan fingerprint density at radius 1 is 1.35 bits per heavy atom. The zero-order valence-corrected chi connectivity index (χ0v) is 9.95. The van der Waals surface area contributed by atoms with Crippen molar-refractivity contribution in [2.45, 2.75) is 50.6 Å². The van der Waals surface area contributed by atoms with Gasteiger partial charge >= 0.3 is 12.0 Å². The van der Waals surface area contributed by atoms with Gasteiger partial charge in [0.05, 0.1) is 0 Å². The molecule has 3 amide bonds. The van der Waals surface area contributed by atoms with E-state index in [1.807, 2.05) is 0 Å². The van der Waals surface area contributed by atoms with Crippen LogP contribution in [0.4, 0.5) is 4.79 Å². The van der Waals surface area contributed by atoms with Gasteiger partial charge in [0.2, 0.25) is 0 Å². The second-order valence-corrected chi connectivity index (χ2v) is 5.22. The SMILES string of the molecule is CC(C)(C(=O)O)N1C(=O)NC2(CCCC2)C1=O. The molecule has 0 aromatic rings. The molecule has 0 aromatic heterocycles. The van der Waals surface area contributed by atoms with Crippen LogP contribution in [0, 0.1) is 0 Å². The molecule has 17 heavy (non-hydrogen) atoms. The van der Waals surface area contributed by atoms with Crippen LogP contribution in [-0.2, 0) is 9.59 Å². The maximum Gasteiger partial charge on any atom is 0.329 e. The number of carboxylic acid groups (broad SMARTS) is 1. The highest BCUT2D eigenvalue weighted by atomic mass is 16.4. The lowest BCUT2D eigenvalue weighted by Gasteiger charge is -2.29. The second-order valence-electron chi connectivity index (χ2n) is 5.22. The smallest absolute Gasteiger partial charge is 0.329 e. The Balaban J connectivity index is 2.35. The summed E-state index contributed by atoms with van der Waals surface area (Å²) in [6.45, 7) is 2.72. The Labute approximate surface area is 99.0 Å². The minimum atomic E-state index is -1.51. The summed E-state index contributed by atoms with van der Waals surface area (Å²) in [5, 5.41) is 11.8. The van der Waals surface area contributed by atoms with E-state index in [9.17, 15) is 14.4 Å². The molecule has 0 radical (unpaired) electrons. The molecule has 2 aliphatic rings. The molecule has 1 spiro atoms. The Kier molecular flexibility index (Phi) is 2.41. The Hall–Kier alpha value is -1.59. The molecular weight excluding hydrogens is 224 g/mol. The fourth-order valence-electron chi connectivity index (χ4n) is 2.54. The van der Waals surface area contributed by atoms with E-state index in [-0.39, 0.29) is 0 Å². The van der Waals surface area contributed by atoms with Gasteiger partial charge in [-0.15, -0.1) is 0 Å². The van der Waals surface area contributed by atoms with E-state index in [1.54, 1.807) is 0 Å². The summed E-state index contributed by atoms with van der Waals surface area (Å²) in [4.78, 5) is 36.1. The van der Waals surface area contributed by atoms with Crippen molar-refractivity contribution < 1.29 is 19.5 Å². The van der Waals surface area contributed by atoms with Crippen molar-refractivity contribution in [1.82, 2.24) is 10.2 Å². The van der Waals surface area contributed by atoms with E-state index >= 15 is 0 Å². The number of aliphatic carboxylic acids is 1. The van der Waals surface area contributed by atoms with Crippen LogP contribution in [0.5, 0.6) is 0 Å². The van der Waals surface area contributed by atoms with Gasteiger partial charge in [-0.3, -0.25) is 4.79 Å². The van der Waals surface area contributed by atoms with Crippen LogP contribution < -0.4 is 5.32 Å². The van der Waals surface area contributed by atoms with Crippen molar-refractivity contribution in [3.8, 4) is 0 Å². The normalized spacial score (nSPS) is 23.3. The van der Waals surface area contributed by atoms with Gasteiger partial charge in [-0.05, 0) is 26.7 Å². The molecule has 1 aliphatic carbocycles. The topological polar surface area (TPSA) is 86.7 Å². The molecule has 1 saturated heterocycles. The fraction of sp³-hybridized carbons (Fsp3) is 0.727. The first-order chi connectivity index (χ1) is 7.81. The Morgan fingerprint density at radius 2 is 1.88 bits per heavy atom. The highest BCUT2D eigenvalue weighted by Crippen LogP contribution is 2.37. The summed E-state index contributed by atoms with van der Waals surface area (Å²) in [7, 11) is 0. The van der Waals surface area contributed by atoms with Gasteiger partial charge in [0.25, 0.3) is 5.91 Å². The van der Waals surface area contributed by atoms with Crippen molar-refractivity contribution >= 4 is 17.9 Å². The first-order valence-electron chi connectivity index (χ1n) is 5.71. The van der Waals surface area contributed by atoms with Gasteiger partial charge in [-0.1, -0.05) is 12.8 Å². The van der Waals surface area contributed by atoms with Crippen LogP contribution in [0.25, 0.3) is 0 Å². The molecule has 2 N–H and O–H groups in total. The standard InChI is InChI=1S/C11H16N2O4/c1-10(2,8(15)16)13-7(14)11(12-9(13)17)5-3-4-6-11/h3-6H2,1-2H3,(H,12,17)(H,15,16). The lowest BCUT2D eigenvalue weighted by Crippen LogP contribution is -2.54. The summed E-state index contributed by atoms with van der Waals surface area (Å²) >= 11 is 0. The molecule has 0 bridgehead atoms. The van der Waals surface area contributed by atoms with Crippen LogP contribution >= 0.6 is 0 Å². The van der Waals surface area contributed by atoms with E-state index in [2.05, 4.69) is 5.32 Å². The average molecular weight is 240 g/mol. The van der Waals surface area contributed by atoms with E-state index in [0.717, 1.165) is 17.7 Å². The molecule has 94 valence electrons. The Bertz CT molecular complexity index is 396. The molecule has 2 rings (SSSR count). The molecule has 1 heterocycles. The summed E-state index contributed by atoms with van der Waals surface area (Å²) in [5.41, 5.74) is -2.35. The van der Waals surface area contributed by atoms with Crippen molar-refractivity contribution in [2.75, 3.05) is 0 Å². The lowest BCUT2D eigenvalue weighted by atomic mass is 9.95. The average Bonchev–Trinajstić information content (AvgIpc) is 2.75. The van der Waals surface area contributed by atoms with E-state index in [4.69, 9.17) is 5.11 Å². The number of rotatable bonds is 2. The summed E-state index contributed by atoms with van der Waals surface area (Å²) in [5.74, 6) is -1.58. The molecule has 1 saturated carbocycles. The maximum absolute atomic E-state index is 12.3.